The monoisotopic (exact) mass is 459 g/mol. The van der Waals surface area contributed by atoms with Crippen molar-refractivity contribution in [1.29, 1.82) is 0 Å². The summed E-state index contributed by atoms with van der Waals surface area (Å²) in [4.78, 5) is 9.77. The quantitative estimate of drug-likeness (QED) is 0.598. The molecule has 3 heterocycles. The summed E-state index contributed by atoms with van der Waals surface area (Å²) < 4.78 is 6.21. The minimum Gasteiger partial charge on any atom is -0.482 e. The highest BCUT2D eigenvalue weighted by atomic mass is 35.5. The van der Waals surface area contributed by atoms with Crippen molar-refractivity contribution < 1.29 is 4.74 Å². The van der Waals surface area contributed by atoms with Gasteiger partial charge in [0.2, 0.25) is 0 Å². The number of anilines is 1. The number of likely N-dealkylation sites (tertiary alicyclic amines) is 1. The Labute approximate surface area is 193 Å². The van der Waals surface area contributed by atoms with Crippen molar-refractivity contribution in [2.45, 2.75) is 44.8 Å². The van der Waals surface area contributed by atoms with Crippen LogP contribution in [0.25, 0.3) is 0 Å². The Morgan fingerprint density at radius 2 is 1.66 bits per heavy atom. The normalized spacial score (nSPS) is 18.8. The summed E-state index contributed by atoms with van der Waals surface area (Å²) in [5, 5.41) is 0. The Hall–Kier alpha value is -1.20. The molecule has 0 bridgehead atoms. The summed E-state index contributed by atoms with van der Waals surface area (Å²) in [6.07, 6.45) is 5.86. The van der Waals surface area contributed by atoms with Crippen LogP contribution in [-0.4, -0.2) is 41.7 Å². The summed E-state index contributed by atoms with van der Waals surface area (Å²) >= 11 is 0. The zero-order chi connectivity index (χ0) is 18.0. The summed E-state index contributed by atoms with van der Waals surface area (Å²) in [5.41, 5.74) is 1.12. The average molecular weight is 461 g/mol. The zero-order valence-electron chi connectivity index (χ0n) is 17.1. The Bertz CT molecular complexity index is 739. The van der Waals surface area contributed by atoms with E-state index in [0.717, 1.165) is 24.7 Å². The number of hydrogen-bond donors (Lipinski definition) is 0. The summed E-state index contributed by atoms with van der Waals surface area (Å²) in [6, 6.07) is 15.2. The molecule has 2 aliphatic heterocycles. The molecule has 4 nitrogen and oxygen atoms in total. The lowest BCUT2D eigenvalue weighted by atomic mass is 9.99. The third kappa shape index (κ3) is 6.14. The first kappa shape index (κ1) is 25.8. The fourth-order valence-corrected chi connectivity index (χ4v) is 4.20. The van der Waals surface area contributed by atoms with Gasteiger partial charge in [0, 0.05) is 12.7 Å². The second kappa shape index (κ2) is 11.3. The second-order valence-electron chi connectivity index (χ2n) is 8.10. The van der Waals surface area contributed by atoms with Gasteiger partial charge in [-0.1, -0.05) is 36.8 Å². The van der Waals surface area contributed by atoms with Crippen LogP contribution in [0.5, 0.6) is 5.75 Å². The van der Waals surface area contributed by atoms with Gasteiger partial charge in [-0.25, -0.2) is 4.98 Å². The molecule has 1 unspecified atom stereocenters. The zero-order valence-corrected chi connectivity index (χ0v) is 19.6. The number of fused-ring (bicyclic) bond motifs is 1. The molecule has 1 aromatic carbocycles. The predicted molar refractivity (Wildman–Crippen MR) is 128 cm³/mol. The first-order chi connectivity index (χ1) is 12.6. The van der Waals surface area contributed by atoms with Crippen LogP contribution in [0, 0.1) is 0 Å². The SMILES string of the molecule is CC1(C)CN(C(CN2CCCCC2)c2ccccc2)c2ncccc2O1.Cl.Cl.Cl. The van der Waals surface area contributed by atoms with Crippen LogP contribution in [0.4, 0.5) is 5.82 Å². The van der Waals surface area contributed by atoms with E-state index in [1.165, 1.54) is 37.9 Å². The first-order valence-corrected chi connectivity index (χ1v) is 9.80. The molecule has 2 aliphatic rings. The molecule has 1 aromatic heterocycles. The maximum atomic E-state index is 6.21. The van der Waals surface area contributed by atoms with Gasteiger partial charge in [0.15, 0.2) is 11.6 Å². The first-order valence-electron chi connectivity index (χ1n) is 9.80. The van der Waals surface area contributed by atoms with Crippen molar-refractivity contribution >= 4 is 43.0 Å². The maximum absolute atomic E-state index is 6.21. The molecule has 1 atom stereocenters. The summed E-state index contributed by atoms with van der Waals surface area (Å²) in [5.74, 6) is 1.86. The standard InChI is InChI=1S/C22H29N3O.3ClH/c1-22(2)17-25(21-20(26-22)12-9-13-23-21)19(18-10-5-3-6-11-18)16-24-14-7-4-8-15-24;;;/h3,5-6,9-13,19H,4,7-8,14-17H2,1-2H3;3*1H. The van der Waals surface area contributed by atoms with Gasteiger partial charge in [-0.15, -0.1) is 37.2 Å². The van der Waals surface area contributed by atoms with Gasteiger partial charge in [0.1, 0.15) is 5.60 Å². The van der Waals surface area contributed by atoms with E-state index in [-0.39, 0.29) is 48.9 Å². The molecular formula is C22H32Cl3N3O. The molecule has 1 fully saturated rings. The number of rotatable bonds is 4. The second-order valence-corrected chi connectivity index (χ2v) is 8.10. The minimum absolute atomic E-state index is 0. The molecule has 0 N–H and O–H groups in total. The molecule has 29 heavy (non-hydrogen) atoms. The summed E-state index contributed by atoms with van der Waals surface area (Å²) in [6.45, 7) is 8.61. The van der Waals surface area contributed by atoms with Crippen molar-refractivity contribution in [1.82, 2.24) is 9.88 Å². The lowest BCUT2D eigenvalue weighted by Crippen LogP contribution is -2.51. The van der Waals surface area contributed by atoms with Crippen molar-refractivity contribution in [3.8, 4) is 5.75 Å². The van der Waals surface area contributed by atoms with Gasteiger partial charge >= 0.3 is 0 Å². The van der Waals surface area contributed by atoms with E-state index in [9.17, 15) is 0 Å². The number of ether oxygens (including phenoxy) is 1. The largest absolute Gasteiger partial charge is 0.482 e. The van der Waals surface area contributed by atoms with E-state index < -0.39 is 0 Å². The number of pyridine rings is 1. The lowest BCUT2D eigenvalue weighted by Gasteiger charge is -2.45. The van der Waals surface area contributed by atoms with Gasteiger partial charge in [-0.3, -0.25) is 0 Å². The maximum Gasteiger partial charge on any atom is 0.172 e. The molecule has 0 amide bonds. The van der Waals surface area contributed by atoms with Gasteiger partial charge in [-0.2, -0.15) is 0 Å². The highest BCUT2D eigenvalue weighted by Crippen LogP contribution is 2.40. The van der Waals surface area contributed by atoms with Gasteiger partial charge in [0.05, 0.1) is 12.6 Å². The lowest BCUT2D eigenvalue weighted by molar-refractivity contribution is 0.0967. The molecule has 0 spiro atoms. The van der Waals surface area contributed by atoms with Crippen LogP contribution in [0.2, 0.25) is 0 Å². The van der Waals surface area contributed by atoms with Gasteiger partial charge in [-0.05, 0) is 57.5 Å². The van der Waals surface area contributed by atoms with E-state index in [0.29, 0.717) is 0 Å². The van der Waals surface area contributed by atoms with E-state index >= 15 is 0 Å². The Balaban J connectivity index is 0.00000140. The van der Waals surface area contributed by atoms with E-state index in [4.69, 9.17) is 4.74 Å². The molecule has 162 valence electrons. The fraction of sp³-hybridized carbons (Fsp3) is 0.500. The van der Waals surface area contributed by atoms with E-state index in [1.807, 2.05) is 18.3 Å². The minimum atomic E-state index is -0.231. The van der Waals surface area contributed by atoms with Gasteiger partial charge in [0.25, 0.3) is 0 Å². The molecule has 0 radical (unpaired) electrons. The van der Waals surface area contributed by atoms with Crippen LogP contribution in [-0.2, 0) is 0 Å². The van der Waals surface area contributed by atoms with Crippen molar-refractivity contribution in [3.63, 3.8) is 0 Å². The molecule has 2 aromatic rings. The molecule has 0 saturated carbocycles. The van der Waals surface area contributed by atoms with Crippen molar-refractivity contribution in [2.24, 2.45) is 0 Å². The van der Waals surface area contributed by atoms with Crippen LogP contribution < -0.4 is 9.64 Å². The molecule has 0 aliphatic carbocycles. The molecule has 1 saturated heterocycles. The van der Waals surface area contributed by atoms with E-state index in [1.54, 1.807) is 0 Å². The Morgan fingerprint density at radius 1 is 0.966 bits per heavy atom. The number of nitrogens with zero attached hydrogens (tertiary/aromatic N) is 3. The fourth-order valence-electron chi connectivity index (χ4n) is 4.20. The van der Waals surface area contributed by atoms with Crippen LogP contribution in [0.3, 0.4) is 0 Å². The van der Waals surface area contributed by atoms with Gasteiger partial charge < -0.3 is 14.5 Å². The number of hydrogen-bond acceptors (Lipinski definition) is 4. The Morgan fingerprint density at radius 3 is 2.34 bits per heavy atom. The molecule has 4 rings (SSSR count). The topological polar surface area (TPSA) is 28.6 Å². The highest BCUT2D eigenvalue weighted by molar-refractivity contribution is 5.86. The summed E-state index contributed by atoms with van der Waals surface area (Å²) in [7, 11) is 0. The predicted octanol–water partition coefficient (Wildman–Crippen LogP) is 5.55. The van der Waals surface area contributed by atoms with Crippen molar-refractivity contribution in [2.75, 3.05) is 31.1 Å². The molecular weight excluding hydrogens is 429 g/mol. The van der Waals surface area contributed by atoms with Crippen LogP contribution in [0.15, 0.2) is 48.7 Å². The number of benzene rings is 1. The number of halogens is 3. The third-order valence-corrected chi connectivity index (χ3v) is 5.40. The molecule has 7 heteroatoms. The average Bonchev–Trinajstić information content (AvgIpc) is 2.66. The van der Waals surface area contributed by atoms with Crippen LogP contribution in [0.1, 0.15) is 44.7 Å². The highest BCUT2D eigenvalue weighted by Gasteiger charge is 2.37. The van der Waals surface area contributed by atoms with Crippen molar-refractivity contribution in [3.05, 3.63) is 54.2 Å². The number of piperidine rings is 1. The van der Waals surface area contributed by atoms with Crippen LogP contribution >= 0.6 is 37.2 Å². The van der Waals surface area contributed by atoms with E-state index in [2.05, 4.69) is 59.0 Å². The smallest absolute Gasteiger partial charge is 0.172 e. The number of aromatic nitrogens is 1. The third-order valence-electron chi connectivity index (χ3n) is 5.40. The Kier molecular flexibility index (Phi) is 10.0.